The summed E-state index contributed by atoms with van der Waals surface area (Å²) < 4.78 is 18.0. The summed E-state index contributed by atoms with van der Waals surface area (Å²) in [7, 11) is 0. The normalized spacial score (nSPS) is 10.4. The molecular weight excluding hydrogens is 207 g/mol. The van der Waals surface area contributed by atoms with Crippen molar-refractivity contribution in [1.82, 2.24) is 5.16 Å². The second-order valence-corrected chi connectivity index (χ2v) is 3.18. The Morgan fingerprint density at radius 1 is 1.36 bits per heavy atom. The van der Waals surface area contributed by atoms with Gasteiger partial charge in [0.15, 0.2) is 0 Å². The van der Waals surface area contributed by atoms with E-state index < -0.39 is 5.82 Å². The van der Waals surface area contributed by atoms with Gasteiger partial charge in [-0.15, -0.1) is 0 Å². The summed E-state index contributed by atoms with van der Waals surface area (Å²) >= 11 is 5.60. The number of benzene rings is 1. The number of anilines is 1. The molecule has 0 radical (unpaired) electrons. The molecule has 1 heterocycles. The predicted octanol–water partition coefficient (Wildman–Crippen LogP) is 2.72. The molecule has 1 aromatic carbocycles. The van der Waals surface area contributed by atoms with Crippen molar-refractivity contribution in [2.45, 2.75) is 0 Å². The number of nitrogen functional groups attached to an aromatic ring is 1. The number of halogens is 2. The minimum atomic E-state index is -0.453. The van der Waals surface area contributed by atoms with Crippen LogP contribution in [0.4, 0.5) is 10.3 Å². The van der Waals surface area contributed by atoms with Crippen molar-refractivity contribution in [2.75, 3.05) is 5.73 Å². The average Bonchev–Trinajstić information content (AvgIpc) is 2.51. The van der Waals surface area contributed by atoms with Gasteiger partial charge in [0, 0.05) is 16.7 Å². The molecule has 2 aromatic rings. The maximum absolute atomic E-state index is 13.3. The Balaban J connectivity index is 2.52. The zero-order chi connectivity index (χ0) is 10.1. The van der Waals surface area contributed by atoms with Gasteiger partial charge in [-0.2, -0.15) is 0 Å². The van der Waals surface area contributed by atoms with Crippen molar-refractivity contribution in [3.8, 4) is 11.3 Å². The smallest absolute Gasteiger partial charge is 0.222 e. The van der Waals surface area contributed by atoms with Crippen LogP contribution in [0.5, 0.6) is 0 Å². The molecule has 0 aliphatic rings. The van der Waals surface area contributed by atoms with E-state index in [0.717, 1.165) is 0 Å². The summed E-state index contributed by atoms with van der Waals surface area (Å²) in [5, 5.41) is 3.93. The summed E-state index contributed by atoms with van der Waals surface area (Å²) in [6, 6.07) is 5.76. The van der Waals surface area contributed by atoms with Crippen LogP contribution >= 0.6 is 11.6 Å². The quantitative estimate of drug-likeness (QED) is 0.791. The molecule has 1 aromatic heterocycles. The molecule has 0 spiro atoms. The lowest BCUT2D eigenvalue weighted by Crippen LogP contribution is -1.83. The highest BCUT2D eigenvalue weighted by Gasteiger charge is 2.09. The van der Waals surface area contributed by atoms with Gasteiger partial charge in [0.2, 0.25) is 5.88 Å². The van der Waals surface area contributed by atoms with Crippen molar-refractivity contribution >= 4 is 17.5 Å². The van der Waals surface area contributed by atoms with Crippen LogP contribution in [0, 0.1) is 5.82 Å². The summed E-state index contributed by atoms with van der Waals surface area (Å²) in [6.07, 6.45) is 0. The van der Waals surface area contributed by atoms with E-state index in [1.807, 2.05) is 0 Å². The van der Waals surface area contributed by atoms with Crippen molar-refractivity contribution in [1.29, 1.82) is 0 Å². The number of rotatable bonds is 1. The van der Waals surface area contributed by atoms with Crippen LogP contribution in [0.15, 0.2) is 28.8 Å². The fourth-order valence-corrected chi connectivity index (χ4v) is 1.27. The Kier molecular flexibility index (Phi) is 2.13. The third kappa shape index (κ3) is 1.56. The van der Waals surface area contributed by atoms with E-state index in [1.165, 1.54) is 18.2 Å². The third-order valence-electron chi connectivity index (χ3n) is 1.74. The van der Waals surface area contributed by atoms with Gasteiger partial charge >= 0.3 is 0 Å². The third-order valence-corrected chi connectivity index (χ3v) is 1.97. The fourth-order valence-electron chi connectivity index (χ4n) is 1.11. The zero-order valence-electron chi connectivity index (χ0n) is 7.00. The van der Waals surface area contributed by atoms with Crippen LogP contribution in [0.3, 0.4) is 0 Å². The molecule has 0 saturated carbocycles. The molecule has 0 bridgehead atoms. The van der Waals surface area contributed by atoms with Crippen LogP contribution in [0.2, 0.25) is 5.02 Å². The van der Waals surface area contributed by atoms with E-state index in [9.17, 15) is 4.39 Å². The number of nitrogens with zero attached hydrogens (tertiary/aromatic N) is 1. The molecule has 0 amide bonds. The number of hydrogen-bond donors (Lipinski definition) is 1. The summed E-state index contributed by atoms with van der Waals surface area (Å²) in [4.78, 5) is 0. The molecular formula is C9H6ClFN2O. The van der Waals surface area contributed by atoms with E-state index in [-0.39, 0.29) is 5.88 Å². The summed E-state index contributed by atoms with van der Waals surface area (Å²) in [5.41, 5.74) is 5.99. The van der Waals surface area contributed by atoms with Gasteiger partial charge in [0.05, 0.1) is 0 Å². The zero-order valence-corrected chi connectivity index (χ0v) is 7.75. The van der Waals surface area contributed by atoms with Crippen LogP contribution in [0.25, 0.3) is 11.3 Å². The number of aromatic nitrogens is 1. The summed E-state index contributed by atoms with van der Waals surface area (Å²) in [5.74, 6) is -0.305. The van der Waals surface area contributed by atoms with Crippen molar-refractivity contribution in [3.63, 3.8) is 0 Å². The average molecular weight is 213 g/mol. The molecule has 0 aliphatic carbocycles. The van der Waals surface area contributed by atoms with Crippen LogP contribution in [0.1, 0.15) is 0 Å². The first kappa shape index (κ1) is 9.02. The van der Waals surface area contributed by atoms with Gasteiger partial charge < -0.3 is 10.3 Å². The Bertz CT molecular complexity index is 470. The van der Waals surface area contributed by atoms with Crippen molar-refractivity contribution in [2.24, 2.45) is 0 Å². The molecule has 0 atom stereocenters. The predicted molar refractivity (Wildman–Crippen MR) is 51.3 cm³/mol. The maximum atomic E-state index is 13.3. The first-order chi connectivity index (χ1) is 6.66. The molecule has 0 aliphatic heterocycles. The van der Waals surface area contributed by atoms with Crippen molar-refractivity contribution < 1.29 is 8.91 Å². The largest absolute Gasteiger partial charge is 0.368 e. The first-order valence-corrected chi connectivity index (χ1v) is 4.22. The summed E-state index contributed by atoms with van der Waals surface area (Å²) in [6.45, 7) is 0. The number of hydrogen-bond acceptors (Lipinski definition) is 3. The lowest BCUT2D eigenvalue weighted by Gasteiger charge is -1.97. The van der Waals surface area contributed by atoms with Crippen LogP contribution in [-0.2, 0) is 0 Å². The van der Waals surface area contributed by atoms with Gasteiger partial charge in [0.25, 0.3) is 0 Å². The monoisotopic (exact) mass is 212 g/mol. The molecule has 72 valence electrons. The Morgan fingerprint density at radius 2 is 2.14 bits per heavy atom. The highest BCUT2D eigenvalue weighted by atomic mass is 35.5. The van der Waals surface area contributed by atoms with Gasteiger partial charge in [-0.1, -0.05) is 16.8 Å². The van der Waals surface area contributed by atoms with Crippen LogP contribution in [-0.4, -0.2) is 5.16 Å². The SMILES string of the molecule is Nc1cc(-c2ccc(Cl)cc2F)no1. The standard InChI is InChI=1S/C9H6ClFN2O/c10-5-1-2-6(7(11)3-5)8-4-9(12)14-13-8/h1-4H,12H2. The Labute approximate surface area is 84.3 Å². The first-order valence-electron chi connectivity index (χ1n) is 3.84. The van der Waals surface area contributed by atoms with E-state index >= 15 is 0 Å². The molecule has 2 rings (SSSR count). The molecule has 0 unspecified atom stereocenters. The van der Waals surface area contributed by atoms with E-state index in [1.54, 1.807) is 6.07 Å². The lowest BCUT2D eigenvalue weighted by molar-refractivity contribution is 0.438. The van der Waals surface area contributed by atoms with E-state index in [4.69, 9.17) is 17.3 Å². The van der Waals surface area contributed by atoms with Gasteiger partial charge in [-0.3, -0.25) is 0 Å². The fraction of sp³-hybridized carbons (Fsp3) is 0. The van der Waals surface area contributed by atoms with Gasteiger partial charge in [-0.25, -0.2) is 4.39 Å². The topological polar surface area (TPSA) is 52.0 Å². The minimum absolute atomic E-state index is 0.148. The number of nitrogens with two attached hydrogens (primary N) is 1. The second kappa shape index (κ2) is 3.31. The molecule has 14 heavy (non-hydrogen) atoms. The minimum Gasteiger partial charge on any atom is -0.368 e. The molecule has 0 saturated heterocycles. The highest BCUT2D eigenvalue weighted by Crippen LogP contribution is 2.25. The highest BCUT2D eigenvalue weighted by molar-refractivity contribution is 6.30. The second-order valence-electron chi connectivity index (χ2n) is 2.74. The van der Waals surface area contributed by atoms with Gasteiger partial charge in [-0.05, 0) is 18.2 Å². The van der Waals surface area contributed by atoms with Crippen molar-refractivity contribution in [3.05, 3.63) is 35.1 Å². The lowest BCUT2D eigenvalue weighted by atomic mass is 10.1. The Hall–Kier alpha value is -1.55. The van der Waals surface area contributed by atoms with E-state index in [2.05, 4.69) is 9.68 Å². The Morgan fingerprint density at radius 3 is 2.71 bits per heavy atom. The maximum Gasteiger partial charge on any atom is 0.222 e. The molecule has 2 N–H and O–H groups in total. The molecule has 5 heteroatoms. The van der Waals surface area contributed by atoms with Gasteiger partial charge in [0.1, 0.15) is 11.5 Å². The molecule has 0 fully saturated rings. The van der Waals surface area contributed by atoms with E-state index in [0.29, 0.717) is 16.3 Å². The molecule has 3 nitrogen and oxygen atoms in total. The van der Waals surface area contributed by atoms with Crippen LogP contribution < -0.4 is 5.73 Å².